The Balaban J connectivity index is 1.55. The van der Waals surface area contributed by atoms with Crippen molar-refractivity contribution in [1.82, 2.24) is 4.98 Å². The van der Waals surface area contributed by atoms with Crippen molar-refractivity contribution < 1.29 is 30.4 Å². The van der Waals surface area contributed by atoms with Crippen LogP contribution in [0.15, 0.2) is 99.1 Å². The molecule has 0 atom stereocenters. The third-order valence-corrected chi connectivity index (χ3v) is 8.45. The molecule has 1 heterocycles. The summed E-state index contributed by atoms with van der Waals surface area (Å²) in [5.74, 6) is 0.177. The molecule has 4 aromatic carbocycles. The van der Waals surface area contributed by atoms with E-state index in [0.29, 0.717) is 22.2 Å². The van der Waals surface area contributed by atoms with Crippen LogP contribution in [0.4, 0.5) is 0 Å². The van der Waals surface area contributed by atoms with Gasteiger partial charge in [-0.15, -0.1) is 0 Å². The molecule has 210 valence electrons. The third kappa shape index (κ3) is 6.15. The lowest BCUT2D eigenvalue weighted by Gasteiger charge is -2.18. The lowest BCUT2D eigenvalue weighted by Crippen LogP contribution is -2.10. The summed E-state index contributed by atoms with van der Waals surface area (Å²) in [5, 5.41) is 0. The van der Waals surface area contributed by atoms with E-state index in [2.05, 4.69) is 25.8 Å². The molecule has 8 nitrogen and oxygen atoms in total. The van der Waals surface area contributed by atoms with Gasteiger partial charge in [0.1, 0.15) is 15.3 Å². The highest BCUT2D eigenvalue weighted by atomic mass is 32.2. The molecule has 0 bridgehead atoms. The zero-order valence-electron chi connectivity index (χ0n) is 22.4. The summed E-state index contributed by atoms with van der Waals surface area (Å²) < 4.78 is 74.8. The van der Waals surface area contributed by atoms with Crippen molar-refractivity contribution in [1.29, 1.82) is 0 Å². The highest BCUT2D eigenvalue weighted by Crippen LogP contribution is 2.32. The molecule has 0 aliphatic heterocycles. The molecule has 0 saturated carbocycles. The second-order valence-corrected chi connectivity index (χ2v) is 13.4. The summed E-state index contributed by atoms with van der Waals surface area (Å²) in [5.41, 5.74) is 3.98. The molecule has 0 aliphatic carbocycles. The smallest absolute Gasteiger partial charge is 0.295 e. The number of benzene rings is 4. The standard InChI is InChI=1S/C31H27NO7S2/c1-31(2,3)25-15-16-27-26(19-25)32-30(39-27)24-14-12-22(29(18-24)41(36,37)38)10-9-21-11-13-23(17-28(21)40(33,34)35)20-7-5-4-6-8-20/h4-19H,1-3H3,(H,33,34,35)(H,36,37,38). The second-order valence-electron chi connectivity index (χ2n) is 10.6. The number of nitrogens with zero attached hydrogens (tertiary/aromatic N) is 1. The Hall–Kier alpha value is -4.09. The normalized spacial score (nSPS) is 12.8. The highest BCUT2D eigenvalue weighted by Gasteiger charge is 2.20. The summed E-state index contributed by atoms with van der Waals surface area (Å²) in [7, 11) is -9.31. The maximum atomic E-state index is 12.3. The number of rotatable bonds is 6. The van der Waals surface area contributed by atoms with E-state index in [-0.39, 0.29) is 27.3 Å². The number of hydrogen-bond donors (Lipinski definition) is 2. The van der Waals surface area contributed by atoms with Gasteiger partial charge in [0.15, 0.2) is 5.58 Å². The van der Waals surface area contributed by atoms with Crippen molar-refractivity contribution in [3.8, 4) is 22.6 Å². The summed E-state index contributed by atoms with van der Waals surface area (Å²) in [6.07, 6.45) is 2.70. The first-order chi connectivity index (χ1) is 19.2. The van der Waals surface area contributed by atoms with Gasteiger partial charge in [-0.25, -0.2) is 4.98 Å². The van der Waals surface area contributed by atoms with E-state index >= 15 is 0 Å². The average Bonchev–Trinajstić information content (AvgIpc) is 3.34. The lowest BCUT2D eigenvalue weighted by atomic mass is 9.87. The molecule has 0 aliphatic rings. The molecule has 0 fully saturated rings. The van der Waals surface area contributed by atoms with Crippen LogP contribution in [0.2, 0.25) is 0 Å². The SMILES string of the molecule is CC(C)(C)c1ccc2oc(-c3ccc(C=Cc4ccc(-c5ccccc5)cc4S(=O)(=O)O)c(S(=O)(=O)O)c3)nc2c1. The van der Waals surface area contributed by atoms with Gasteiger partial charge in [-0.2, -0.15) is 16.8 Å². The van der Waals surface area contributed by atoms with Crippen LogP contribution < -0.4 is 0 Å². The van der Waals surface area contributed by atoms with Gasteiger partial charge in [-0.1, -0.05) is 87.5 Å². The number of hydrogen-bond acceptors (Lipinski definition) is 6. The molecular weight excluding hydrogens is 562 g/mol. The van der Waals surface area contributed by atoms with Crippen LogP contribution in [0.5, 0.6) is 0 Å². The van der Waals surface area contributed by atoms with Gasteiger partial charge < -0.3 is 4.42 Å². The predicted molar refractivity (Wildman–Crippen MR) is 159 cm³/mol. The minimum Gasteiger partial charge on any atom is -0.436 e. The first-order valence-electron chi connectivity index (χ1n) is 12.6. The molecule has 41 heavy (non-hydrogen) atoms. The van der Waals surface area contributed by atoms with Crippen LogP contribution in [-0.2, 0) is 25.7 Å². The van der Waals surface area contributed by atoms with Crippen LogP contribution in [0.25, 0.3) is 45.8 Å². The van der Waals surface area contributed by atoms with Crippen molar-refractivity contribution >= 4 is 43.5 Å². The largest absolute Gasteiger partial charge is 0.436 e. The molecule has 5 aromatic rings. The van der Waals surface area contributed by atoms with Gasteiger partial charge in [0, 0.05) is 5.56 Å². The summed E-state index contributed by atoms with van der Waals surface area (Å²) in [6, 6.07) is 23.5. The molecule has 2 N–H and O–H groups in total. The van der Waals surface area contributed by atoms with Crippen molar-refractivity contribution in [3.05, 3.63) is 102 Å². The highest BCUT2D eigenvalue weighted by molar-refractivity contribution is 7.86. The number of oxazole rings is 1. The van der Waals surface area contributed by atoms with Gasteiger partial charge in [0.2, 0.25) is 5.89 Å². The molecule has 0 radical (unpaired) electrons. The van der Waals surface area contributed by atoms with Gasteiger partial charge in [-0.05, 0) is 63.6 Å². The summed E-state index contributed by atoms with van der Waals surface area (Å²) in [6.45, 7) is 6.24. The minimum atomic E-state index is -4.69. The molecule has 0 saturated heterocycles. The summed E-state index contributed by atoms with van der Waals surface area (Å²) in [4.78, 5) is 3.76. The van der Waals surface area contributed by atoms with E-state index in [1.54, 1.807) is 36.4 Å². The Bertz CT molecular complexity index is 2020. The maximum Gasteiger partial charge on any atom is 0.295 e. The number of aromatic nitrogens is 1. The Morgan fingerprint density at radius 1 is 0.683 bits per heavy atom. The molecule has 5 rings (SSSR count). The fourth-order valence-corrected chi connectivity index (χ4v) is 5.85. The molecular formula is C31H27NO7S2. The Labute approximate surface area is 238 Å². The second kappa shape index (κ2) is 10.4. The van der Waals surface area contributed by atoms with E-state index < -0.39 is 25.1 Å². The van der Waals surface area contributed by atoms with Crippen molar-refractivity contribution in [3.63, 3.8) is 0 Å². The minimum absolute atomic E-state index is 0.0933. The monoisotopic (exact) mass is 589 g/mol. The van der Waals surface area contributed by atoms with E-state index in [0.717, 1.165) is 11.1 Å². The number of fused-ring (bicyclic) bond motifs is 1. The zero-order valence-corrected chi connectivity index (χ0v) is 24.1. The van der Waals surface area contributed by atoms with E-state index in [4.69, 9.17) is 4.42 Å². The van der Waals surface area contributed by atoms with Gasteiger partial charge >= 0.3 is 0 Å². The lowest BCUT2D eigenvalue weighted by molar-refractivity contribution is 0.480. The Morgan fingerprint density at radius 2 is 1.24 bits per heavy atom. The van der Waals surface area contributed by atoms with Crippen molar-refractivity contribution in [2.45, 2.75) is 36.0 Å². The van der Waals surface area contributed by atoms with Crippen LogP contribution >= 0.6 is 0 Å². The van der Waals surface area contributed by atoms with E-state index in [9.17, 15) is 25.9 Å². The summed E-state index contributed by atoms with van der Waals surface area (Å²) >= 11 is 0. The van der Waals surface area contributed by atoms with Crippen LogP contribution in [0.3, 0.4) is 0 Å². The topological polar surface area (TPSA) is 135 Å². The van der Waals surface area contributed by atoms with Crippen LogP contribution in [-0.4, -0.2) is 30.9 Å². The first kappa shape index (κ1) is 28.4. The molecule has 0 spiro atoms. The van der Waals surface area contributed by atoms with E-state index in [1.165, 1.54) is 36.4 Å². The molecule has 10 heteroatoms. The first-order valence-corrected chi connectivity index (χ1v) is 15.5. The van der Waals surface area contributed by atoms with E-state index in [1.807, 2.05) is 24.3 Å². The third-order valence-electron chi connectivity index (χ3n) is 6.63. The van der Waals surface area contributed by atoms with Gasteiger partial charge in [-0.3, -0.25) is 9.11 Å². The maximum absolute atomic E-state index is 12.3. The molecule has 0 amide bonds. The fourth-order valence-electron chi connectivity index (χ4n) is 4.43. The van der Waals surface area contributed by atoms with Gasteiger partial charge in [0.25, 0.3) is 20.2 Å². The average molecular weight is 590 g/mol. The molecule has 0 unspecified atom stereocenters. The Kier molecular flexibility index (Phi) is 7.20. The van der Waals surface area contributed by atoms with Gasteiger partial charge in [0.05, 0.1) is 0 Å². The zero-order chi connectivity index (χ0) is 29.6. The fraction of sp³-hybridized carbons (Fsp3) is 0.129. The molecule has 1 aromatic heterocycles. The van der Waals surface area contributed by atoms with Crippen LogP contribution in [0, 0.1) is 0 Å². The van der Waals surface area contributed by atoms with Crippen molar-refractivity contribution in [2.75, 3.05) is 0 Å². The quantitative estimate of drug-likeness (QED) is 0.158. The van der Waals surface area contributed by atoms with Crippen LogP contribution in [0.1, 0.15) is 37.5 Å². The van der Waals surface area contributed by atoms with Crippen molar-refractivity contribution in [2.24, 2.45) is 0 Å². The Morgan fingerprint density at radius 3 is 1.80 bits per heavy atom. The predicted octanol–water partition coefficient (Wildman–Crippen LogP) is 7.12.